The molecule has 0 amide bonds. The predicted octanol–water partition coefficient (Wildman–Crippen LogP) is 3.03. The summed E-state index contributed by atoms with van der Waals surface area (Å²) in [6.45, 7) is 4.70. The fourth-order valence-electron chi connectivity index (χ4n) is 2.13. The van der Waals surface area contributed by atoms with Gasteiger partial charge in [0.1, 0.15) is 0 Å². The summed E-state index contributed by atoms with van der Waals surface area (Å²) in [4.78, 5) is 0. The molecule has 2 rings (SSSR count). The Morgan fingerprint density at radius 2 is 2.44 bits per heavy atom. The SMILES string of the molecule is C[C@H](CCO)NC1C[C@H](C)Sc2sccc21. The standard InChI is InChI=1S/C12H19NOS2/c1-8(3-5-14)13-11-7-9(2)16-12-10(11)4-6-15-12/h4,6,8-9,11,13-14H,3,5,7H2,1-2H3/t8-,9+,11?/m1/s1. The van der Waals surface area contributed by atoms with E-state index in [1.807, 2.05) is 23.1 Å². The van der Waals surface area contributed by atoms with Gasteiger partial charge in [-0.25, -0.2) is 0 Å². The lowest BCUT2D eigenvalue weighted by Crippen LogP contribution is -2.34. The Morgan fingerprint density at radius 3 is 3.19 bits per heavy atom. The normalized spacial score (nSPS) is 26.4. The number of thioether (sulfide) groups is 1. The van der Waals surface area contributed by atoms with Gasteiger partial charge in [0.15, 0.2) is 0 Å². The van der Waals surface area contributed by atoms with Crippen LogP contribution in [0.3, 0.4) is 0 Å². The third kappa shape index (κ3) is 2.80. The van der Waals surface area contributed by atoms with Gasteiger partial charge in [-0.3, -0.25) is 0 Å². The van der Waals surface area contributed by atoms with E-state index in [2.05, 4.69) is 30.6 Å². The summed E-state index contributed by atoms with van der Waals surface area (Å²) in [7, 11) is 0. The zero-order chi connectivity index (χ0) is 11.5. The summed E-state index contributed by atoms with van der Waals surface area (Å²) in [6.07, 6.45) is 2.02. The molecule has 2 heterocycles. The summed E-state index contributed by atoms with van der Waals surface area (Å²) in [5.74, 6) is 0. The summed E-state index contributed by atoms with van der Waals surface area (Å²) in [5, 5.41) is 15.4. The van der Waals surface area contributed by atoms with Gasteiger partial charge in [0.2, 0.25) is 0 Å². The van der Waals surface area contributed by atoms with Crippen LogP contribution in [0.15, 0.2) is 15.7 Å². The summed E-state index contributed by atoms with van der Waals surface area (Å²) in [6, 6.07) is 3.10. The second-order valence-corrected chi connectivity index (χ2v) is 7.08. The number of nitrogens with one attached hydrogen (secondary N) is 1. The van der Waals surface area contributed by atoms with Crippen molar-refractivity contribution in [3.63, 3.8) is 0 Å². The molecule has 0 aliphatic carbocycles. The van der Waals surface area contributed by atoms with Crippen LogP contribution in [0.2, 0.25) is 0 Å². The monoisotopic (exact) mass is 257 g/mol. The van der Waals surface area contributed by atoms with Crippen LogP contribution in [0.4, 0.5) is 0 Å². The highest BCUT2D eigenvalue weighted by molar-refractivity contribution is 8.01. The van der Waals surface area contributed by atoms with E-state index in [0.717, 1.165) is 6.42 Å². The third-order valence-electron chi connectivity index (χ3n) is 2.96. The minimum atomic E-state index is 0.266. The predicted molar refractivity (Wildman–Crippen MR) is 71.3 cm³/mol. The lowest BCUT2D eigenvalue weighted by atomic mass is 10.0. The van der Waals surface area contributed by atoms with Crippen molar-refractivity contribution in [3.05, 3.63) is 17.0 Å². The molecule has 3 atom stereocenters. The molecule has 1 aliphatic heterocycles. The summed E-state index contributed by atoms with van der Waals surface area (Å²) >= 11 is 3.84. The van der Waals surface area contributed by atoms with Crippen molar-refractivity contribution in [2.24, 2.45) is 0 Å². The Kier molecular flexibility index (Phi) is 4.30. The molecule has 0 saturated heterocycles. The minimum absolute atomic E-state index is 0.266. The van der Waals surface area contributed by atoms with Crippen molar-refractivity contribution in [1.82, 2.24) is 5.32 Å². The molecule has 0 radical (unpaired) electrons. The van der Waals surface area contributed by atoms with Gasteiger partial charge in [-0.2, -0.15) is 0 Å². The second-order valence-electron chi connectivity index (χ2n) is 4.46. The molecule has 16 heavy (non-hydrogen) atoms. The van der Waals surface area contributed by atoms with Crippen LogP contribution in [0.25, 0.3) is 0 Å². The average molecular weight is 257 g/mol. The number of aliphatic hydroxyl groups excluding tert-OH is 1. The molecule has 1 aliphatic rings. The van der Waals surface area contributed by atoms with E-state index in [0.29, 0.717) is 17.3 Å². The largest absolute Gasteiger partial charge is 0.396 e. The highest BCUT2D eigenvalue weighted by Crippen LogP contribution is 2.43. The third-order valence-corrected chi connectivity index (χ3v) is 5.30. The van der Waals surface area contributed by atoms with Gasteiger partial charge in [0, 0.05) is 23.9 Å². The van der Waals surface area contributed by atoms with Crippen molar-refractivity contribution in [3.8, 4) is 0 Å². The van der Waals surface area contributed by atoms with Crippen LogP contribution in [-0.2, 0) is 0 Å². The Morgan fingerprint density at radius 1 is 1.62 bits per heavy atom. The van der Waals surface area contributed by atoms with Gasteiger partial charge in [-0.15, -0.1) is 23.1 Å². The van der Waals surface area contributed by atoms with Crippen LogP contribution in [0.5, 0.6) is 0 Å². The Labute approximate surface area is 105 Å². The minimum Gasteiger partial charge on any atom is -0.396 e. The number of rotatable bonds is 4. The van der Waals surface area contributed by atoms with Gasteiger partial charge in [0.25, 0.3) is 0 Å². The highest BCUT2D eigenvalue weighted by Gasteiger charge is 2.26. The summed E-state index contributed by atoms with van der Waals surface area (Å²) < 4.78 is 1.47. The van der Waals surface area contributed by atoms with Gasteiger partial charge < -0.3 is 10.4 Å². The molecule has 0 bridgehead atoms. The van der Waals surface area contributed by atoms with E-state index >= 15 is 0 Å². The zero-order valence-corrected chi connectivity index (χ0v) is 11.4. The number of thiophene rings is 1. The van der Waals surface area contributed by atoms with Gasteiger partial charge in [0.05, 0.1) is 4.21 Å². The first-order valence-electron chi connectivity index (χ1n) is 5.81. The molecule has 1 unspecified atom stereocenters. The Bertz CT molecular complexity index is 340. The van der Waals surface area contributed by atoms with E-state index in [1.165, 1.54) is 16.2 Å². The van der Waals surface area contributed by atoms with Crippen molar-refractivity contribution in [2.75, 3.05) is 6.61 Å². The topological polar surface area (TPSA) is 32.3 Å². The average Bonchev–Trinajstić information content (AvgIpc) is 2.65. The van der Waals surface area contributed by atoms with E-state index in [4.69, 9.17) is 5.11 Å². The van der Waals surface area contributed by atoms with E-state index < -0.39 is 0 Å². The lowest BCUT2D eigenvalue weighted by Gasteiger charge is -2.30. The first-order valence-corrected chi connectivity index (χ1v) is 7.57. The lowest BCUT2D eigenvalue weighted by molar-refractivity contribution is 0.261. The second kappa shape index (κ2) is 5.54. The molecule has 90 valence electrons. The van der Waals surface area contributed by atoms with Crippen LogP contribution < -0.4 is 5.32 Å². The number of hydrogen-bond acceptors (Lipinski definition) is 4. The molecule has 0 saturated carbocycles. The zero-order valence-electron chi connectivity index (χ0n) is 9.77. The maximum absolute atomic E-state index is 8.93. The molecule has 0 fully saturated rings. The Balaban J connectivity index is 2.05. The van der Waals surface area contributed by atoms with Crippen LogP contribution in [-0.4, -0.2) is 23.0 Å². The quantitative estimate of drug-likeness (QED) is 0.869. The van der Waals surface area contributed by atoms with Crippen molar-refractivity contribution in [1.29, 1.82) is 0 Å². The fourth-order valence-corrected chi connectivity index (χ4v) is 4.69. The van der Waals surface area contributed by atoms with Crippen LogP contribution in [0.1, 0.15) is 38.3 Å². The first kappa shape index (κ1) is 12.4. The molecule has 0 aromatic carbocycles. The van der Waals surface area contributed by atoms with Gasteiger partial charge in [-0.1, -0.05) is 6.92 Å². The van der Waals surface area contributed by atoms with Crippen molar-refractivity contribution < 1.29 is 5.11 Å². The molecule has 1 aromatic heterocycles. The maximum atomic E-state index is 8.93. The van der Waals surface area contributed by atoms with E-state index in [9.17, 15) is 0 Å². The van der Waals surface area contributed by atoms with Gasteiger partial charge >= 0.3 is 0 Å². The summed E-state index contributed by atoms with van der Waals surface area (Å²) in [5.41, 5.74) is 1.46. The van der Waals surface area contributed by atoms with Gasteiger partial charge in [-0.05, 0) is 36.8 Å². The number of aliphatic hydroxyl groups is 1. The molecule has 1 aromatic rings. The number of fused-ring (bicyclic) bond motifs is 1. The highest BCUT2D eigenvalue weighted by atomic mass is 32.2. The van der Waals surface area contributed by atoms with Crippen molar-refractivity contribution >= 4 is 23.1 Å². The molecular weight excluding hydrogens is 238 g/mol. The smallest absolute Gasteiger partial charge is 0.0649 e. The number of hydrogen-bond donors (Lipinski definition) is 2. The molecular formula is C12H19NOS2. The fraction of sp³-hybridized carbons (Fsp3) is 0.667. The van der Waals surface area contributed by atoms with Crippen molar-refractivity contribution in [2.45, 2.75) is 48.2 Å². The van der Waals surface area contributed by atoms with Crippen LogP contribution in [0, 0.1) is 0 Å². The molecule has 0 spiro atoms. The Hall–Kier alpha value is -0.0300. The van der Waals surface area contributed by atoms with Crippen LogP contribution >= 0.6 is 23.1 Å². The van der Waals surface area contributed by atoms with E-state index in [1.54, 1.807) is 0 Å². The molecule has 4 heteroatoms. The van der Waals surface area contributed by atoms with E-state index in [-0.39, 0.29) is 6.61 Å². The maximum Gasteiger partial charge on any atom is 0.0649 e. The molecule has 2 N–H and O–H groups in total. The molecule has 2 nitrogen and oxygen atoms in total. The first-order chi connectivity index (χ1) is 7.70.